The summed E-state index contributed by atoms with van der Waals surface area (Å²) in [6.45, 7) is 0. The van der Waals surface area contributed by atoms with E-state index in [1.165, 1.54) is 7.11 Å². The molecule has 0 bridgehead atoms. The van der Waals surface area contributed by atoms with E-state index in [4.69, 9.17) is 10.00 Å². The number of nitrogens with zero attached hydrogens (tertiary/aromatic N) is 1. The molecule has 0 N–H and O–H groups in total. The zero-order chi connectivity index (χ0) is 17.7. The molecule has 2 rings (SSSR count). The van der Waals surface area contributed by atoms with Crippen molar-refractivity contribution in [1.82, 2.24) is 0 Å². The van der Waals surface area contributed by atoms with E-state index in [9.17, 15) is 18.0 Å². The van der Waals surface area contributed by atoms with Crippen LogP contribution in [0, 0.1) is 17.2 Å². The topological polar surface area (TPSA) is 50.1 Å². The van der Waals surface area contributed by atoms with Crippen LogP contribution in [0.15, 0.2) is 42.5 Å². The minimum Gasteiger partial charge on any atom is -0.374 e. The number of ketones is 1. The van der Waals surface area contributed by atoms with Crippen molar-refractivity contribution in [2.75, 3.05) is 7.11 Å². The fourth-order valence-electron chi connectivity index (χ4n) is 2.66. The molecule has 0 aliphatic rings. The molecule has 3 nitrogen and oxygen atoms in total. The average molecular weight is 335 g/mol. The standard InChI is InChI=1S/C18H16F3NO2/c1-24-16(17(23)15(11-22)18(19,20)21)10-9-13-7-4-6-12-5-2-3-8-14(12)13/h2-8,15-16H,9-10H2,1H3. The van der Waals surface area contributed by atoms with Gasteiger partial charge in [0.05, 0.1) is 6.07 Å². The number of benzene rings is 2. The predicted molar refractivity (Wildman–Crippen MR) is 83.2 cm³/mol. The van der Waals surface area contributed by atoms with Gasteiger partial charge in [-0.1, -0.05) is 42.5 Å². The van der Waals surface area contributed by atoms with Crippen LogP contribution in [-0.2, 0) is 16.0 Å². The molecule has 0 amide bonds. The maximum Gasteiger partial charge on any atom is 0.411 e. The number of hydrogen-bond acceptors (Lipinski definition) is 3. The minimum atomic E-state index is -4.89. The molecule has 0 saturated heterocycles. The van der Waals surface area contributed by atoms with Crippen LogP contribution >= 0.6 is 0 Å². The average Bonchev–Trinajstić information content (AvgIpc) is 2.55. The lowest BCUT2D eigenvalue weighted by atomic mass is 9.94. The summed E-state index contributed by atoms with van der Waals surface area (Å²) in [4.78, 5) is 12.0. The molecular weight excluding hydrogens is 319 g/mol. The molecule has 2 atom stereocenters. The molecule has 126 valence electrons. The summed E-state index contributed by atoms with van der Waals surface area (Å²) in [6, 6.07) is 14.3. The highest BCUT2D eigenvalue weighted by molar-refractivity contribution is 5.88. The molecule has 2 aromatic rings. The van der Waals surface area contributed by atoms with Crippen molar-refractivity contribution < 1.29 is 22.7 Å². The highest BCUT2D eigenvalue weighted by Gasteiger charge is 2.47. The largest absolute Gasteiger partial charge is 0.411 e. The lowest BCUT2D eigenvalue weighted by molar-refractivity contribution is -0.175. The van der Waals surface area contributed by atoms with Crippen molar-refractivity contribution in [3.8, 4) is 6.07 Å². The third kappa shape index (κ3) is 3.92. The molecule has 0 saturated carbocycles. The van der Waals surface area contributed by atoms with Gasteiger partial charge in [0, 0.05) is 7.11 Å². The Labute approximate surface area is 137 Å². The second-order valence-corrected chi connectivity index (χ2v) is 5.41. The van der Waals surface area contributed by atoms with Gasteiger partial charge < -0.3 is 4.74 Å². The highest BCUT2D eigenvalue weighted by atomic mass is 19.4. The Bertz CT molecular complexity index is 759. The first-order valence-corrected chi connectivity index (χ1v) is 7.38. The van der Waals surface area contributed by atoms with Crippen LogP contribution in [0.3, 0.4) is 0 Å². The van der Waals surface area contributed by atoms with E-state index in [1.807, 2.05) is 42.5 Å². The number of rotatable bonds is 6. The Morgan fingerprint density at radius 1 is 1.21 bits per heavy atom. The summed E-state index contributed by atoms with van der Waals surface area (Å²) in [6.07, 6.45) is -5.70. The summed E-state index contributed by atoms with van der Waals surface area (Å²) in [5.74, 6) is -3.90. The maximum atomic E-state index is 12.7. The predicted octanol–water partition coefficient (Wildman–Crippen LogP) is 4.06. The number of nitriles is 1. The number of hydrogen-bond donors (Lipinski definition) is 0. The molecule has 0 heterocycles. The monoisotopic (exact) mass is 335 g/mol. The third-order valence-corrected chi connectivity index (χ3v) is 3.90. The number of alkyl halides is 3. The number of Topliss-reactive ketones (excluding diaryl/α,β-unsaturated/α-hetero) is 1. The van der Waals surface area contributed by atoms with E-state index in [0.29, 0.717) is 6.42 Å². The van der Waals surface area contributed by atoms with Gasteiger partial charge in [-0.15, -0.1) is 0 Å². The quantitative estimate of drug-likeness (QED) is 0.800. The van der Waals surface area contributed by atoms with Crippen LogP contribution in [0.4, 0.5) is 13.2 Å². The van der Waals surface area contributed by atoms with E-state index in [0.717, 1.165) is 22.4 Å². The van der Waals surface area contributed by atoms with Crippen molar-refractivity contribution in [2.24, 2.45) is 5.92 Å². The van der Waals surface area contributed by atoms with Crippen LogP contribution in [0.2, 0.25) is 0 Å². The number of aryl methyl sites for hydroxylation is 1. The summed E-state index contributed by atoms with van der Waals surface area (Å²) >= 11 is 0. The molecule has 0 aliphatic heterocycles. The Morgan fingerprint density at radius 2 is 1.88 bits per heavy atom. The van der Waals surface area contributed by atoms with Gasteiger partial charge in [0.15, 0.2) is 5.78 Å². The molecule has 0 aliphatic carbocycles. The van der Waals surface area contributed by atoms with Crippen molar-refractivity contribution in [3.05, 3.63) is 48.0 Å². The summed E-state index contributed by atoms with van der Waals surface area (Å²) in [5, 5.41) is 10.7. The van der Waals surface area contributed by atoms with Crippen LogP contribution in [-0.4, -0.2) is 25.2 Å². The van der Waals surface area contributed by atoms with Crippen molar-refractivity contribution in [1.29, 1.82) is 5.26 Å². The number of ether oxygens (including phenoxy) is 1. The van der Waals surface area contributed by atoms with Gasteiger partial charge in [0.2, 0.25) is 5.92 Å². The summed E-state index contributed by atoms with van der Waals surface area (Å²) in [7, 11) is 1.18. The number of halogens is 3. The molecular formula is C18H16F3NO2. The van der Waals surface area contributed by atoms with Gasteiger partial charge in [0.25, 0.3) is 0 Å². The summed E-state index contributed by atoms with van der Waals surface area (Å²) in [5.41, 5.74) is 0.920. The molecule has 0 aromatic heterocycles. The second kappa shape index (κ2) is 7.45. The van der Waals surface area contributed by atoms with E-state index < -0.39 is 24.0 Å². The SMILES string of the molecule is COC(CCc1cccc2ccccc12)C(=O)C(C#N)C(F)(F)F. The van der Waals surface area contributed by atoms with Gasteiger partial charge in [-0.3, -0.25) is 4.79 Å². The van der Waals surface area contributed by atoms with E-state index in [1.54, 1.807) is 0 Å². The number of methoxy groups -OCH3 is 1. The molecule has 0 fully saturated rings. The third-order valence-electron chi connectivity index (χ3n) is 3.90. The summed E-state index contributed by atoms with van der Waals surface area (Å²) < 4.78 is 43.1. The van der Waals surface area contributed by atoms with Crippen LogP contribution < -0.4 is 0 Å². The Balaban J connectivity index is 2.16. The normalized spacial score (nSPS) is 14.1. The zero-order valence-electron chi connectivity index (χ0n) is 13.0. The van der Waals surface area contributed by atoms with Crippen molar-refractivity contribution in [2.45, 2.75) is 25.1 Å². The second-order valence-electron chi connectivity index (χ2n) is 5.41. The van der Waals surface area contributed by atoms with Crippen molar-refractivity contribution in [3.63, 3.8) is 0 Å². The Kier molecular flexibility index (Phi) is 5.58. The van der Waals surface area contributed by atoms with E-state index in [2.05, 4.69) is 0 Å². The van der Waals surface area contributed by atoms with Gasteiger partial charge in [0.1, 0.15) is 6.10 Å². The fraction of sp³-hybridized carbons (Fsp3) is 0.333. The van der Waals surface area contributed by atoms with Gasteiger partial charge in [-0.25, -0.2) is 0 Å². The molecule has 2 unspecified atom stereocenters. The fourth-order valence-corrected chi connectivity index (χ4v) is 2.66. The van der Waals surface area contributed by atoms with Crippen molar-refractivity contribution >= 4 is 16.6 Å². The first kappa shape index (κ1) is 18.0. The Morgan fingerprint density at radius 3 is 2.50 bits per heavy atom. The first-order chi connectivity index (χ1) is 11.4. The lowest BCUT2D eigenvalue weighted by Gasteiger charge is -2.19. The van der Waals surface area contributed by atoms with Crippen LogP contribution in [0.5, 0.6) is 0 Å². The maximum absolute atomic E-state index is 12.7. The zero-order valence-corrected chi connectivity index (χ0v) is 13.0. The molecule has 6 heteroatoms. The Hall–Kier alpha value is -2.39. The van der Waals surface area contributed by atoms with Crippen LogP contribution in [0.25, 0.3) is 10.8 Å². The molecule has 0 radical (unpaired) electrons. The van der Waals surface area contributed by atoms with Gasteiger partial charge in [-0.2, -0.15) is 18.4 Å². The molecule has 2 aromatic carbocycles. The van der Waals surface area contributed by atoms with E-state index in [-0.39, 0.29) is 6.42 Å². The van der Waals surface area contributed by atoms with Gasteiger partial charge in [-0.05, 0) is 29.2 Å². The molecule has 24 heavy (non-hydrogen) atoms. The highest BCUT2D eigenvalue weighted by Crippen LogP contribution is 2.29. The van der Waals surface area contributed by atoms with Crippen LogP contribution in [0.1, 0.15) is 12.0 Å². The smallest absolute Gasteiger partial charge is 0.374 e. The number of carbonyl (C=O) groups is 1. The lowest BCUT2D eigenvalue weighted by Crippen LogP contribution is -2.38. The van der Waals surface area contributed by atoms with E-state index >= 15 is 0 Å². The number of carbonyl (C=O) groups excluding carboxylic acids is 1. The minimum absolute atomic E-state index is 0.0810. The first-order valence-electron chi connectivity index (χ1n) is 7.38. The number of fused-ring (bicyclic) bond motifs is 1. The molecule has 0 spiro atoms. The van der Waals surface area contributed by atoms with Gasteiger partial charge >= 0.3 is 6.18 Å².